The van der Waals surface area contributed by atoms with E-state index in [-0.39, 0.29) is 11.7 Å². The average Bonchev–Trinajstić information content (AvgIpc) is 2.90. The highest BCUT2D eigenvalue weighted by Crippen LogP contribution is 2.21. The second-order valence-corrected chi connectivity index (χ2v) is 6.19. The Kier molecular flexibility index (Phi) is 4.87. The molecule has 0 saturated carbocycles. The van der Waals surface area contributed by atoms with Gasteiger partial charge in [-0.05, 0) is 35.7 Å². The number of rotatable bonds is 5. The Morgan fingerprint density at radius 3 is 2.68 bits per heavy atom. The zero-order valence-corrected chi connectivity index (χ0v) is 12.2. The lowest BCUT2D eigenvalue weighted by Crippen LogP contribution is -2.27. The van der Waals surface area contributed by atoms with E-state index in [9.17, 15) is 9.90 Å². The number of hydrogen-bond acceptors (Lipinski definition) is 4. The smallest absolute Gasteiger partial charge is 0.233 e. The number of thiophene rings is 1. The summed E-state index contributed by atoms with van der Waals surface area (Å²) in [5, 5.41) is 11.2. The summed E-state index contributed by atoms with van der Waals surface area (Å²) >= 11 is 3.14. The molecule has 0 aliphatic heterocycles. The van der Waals surface area contributed by atoms with E-state index in [1.807, 2.05) is 36.7 Å². The number of phenolic OH excluding ortho intramolecular Hbond substituents is 1. The minimum atomic E-state index is 0.103. The van der Waals surface area contributed by atoms with E-state index in [4.69, 9.17) is 0 Å². The molecule has 0 saturated heterocycles. The molecule has 0 spiro atoms. The number of hydrogen-bond donors (Lipinski definition) is 1. The molecule has 0 fully saturated rings. The van der Waals surface area contributed by atoms with Crippen LogP contribution in [0, 0.1) is 0 Å². The molecule has 3 nitrogen and oxygen atoms in total. The first kappa shape index (κ1) is 14.0. The van der Waals surface area contributed by atoms with Crippen molar-refractivity contribution in [2.45, 2.75) is 11.4 Å². The van der Waals surface area contributed by atoms with Crippen LogP contribution in [0.2, 0.25) is 0 Å². The molecule has 0 unspecified atom stereocenters. The summed E-state index contributed by atoms with van der Waals surface area (Å²) in [5.41, 5.74) is 0. The SMILES string of the molecule is CN(Cc1cccs1)C(=O)CSc1ccc(O)cc1. The van der Waals surface area contributed by atoms with Gasteiger partial charge in [-0.2, -0.15) is 0 Å². The number of thioether (sulfide) groups is 1. The van der Waals surface area contributed by atoms with Crippen LogP contribution in [0.3, 0.4) is 0 Å². The van der Waals surface area contributed by atoms with Crippen LogP contribution < -0.4 is 0 Å². The maximum Gasteiger partial charge on any atom is 0.233 e. The predicted octanol–water partition coefficient (Wildman–Crippen LogP) is 3.20. The van der Waals surface area contributed by atoms with Gasteiger partial charge in [0.15, 0.2) is 0 Å². The van der Waals surface area contributed by atoms with Crippen molar-refractivity contribution in [2.24, 2.45) is 0 Å². The molecule has 2 rings (SSSR count). The molecule has 0 bridgehead atoms. The van der Waals surface area contributed by atoms with Gasteiger partial charge < -0.3 is 10.0 Å². The molecule has 0 atom stereocenters. The van der Waals surface area contributed by atoms with E-state index in [1.54, 1.807) is 28.4 Å². The van der Waals surface area contributed by atoms with E-state index < -0.39 is 0 Å². The lowest BCUT2D eigenvalue weighted by atomic mass is 10.3. The summed E-state index contributed by atoms with van der Waals surface area (Å²) in [6.45, 7) is 0.659. The summed E-state index contributed by atoms with van der Waals surface area (Å²) in [5.74, 6) is 0.754. The van der Waals surface area contributed by atoms with E-state index in [0.29, 0.717) is 12.3 Å². The van der Waals surface area contributed by atoms with Gasteiger partial charge in [0, 0.05) is 16.8 Å². The maximum absolute atomic E-state index is 12.0. The van der Waals surface area contributed by atoms with Crippen LogP contribution in [0.15, 0.2) is 46.7 Å². The van der Waals surface area contributed by atoms with Crippen LogP contribution in [-0.4, -0.2) is 28.7 Å². The summed E-state index contributed by atoms with van der Waals surface area (Å²) in [7, 11) is 1.82. The first-order valence-electron chi connectivity index (χ1n) is 5.83. The third-order valence-corrected chi connectivity index (χ3v) is 4.46. The normalized spacial score (nSPS) is 10.4. The highest BCUT2D eigenvalue weighted by molar-refractivity contribution is 8.00. The highest BCUT2D eigenvalue weighted by atomic mass is 32.2. The number of carbonyl (C=O) groups excluding carboxylic acids is 1. The second kappa shape index (κ2) is 6.63. The second-order valence-electron chi connectivity index (χ2n) is 4.11. The Morgan fingerprint density at radius 2 is 2.05 bits per heavy atom. The van der Waals surface area contributed by atoms with Gasteiger partial charge in [-0.15, -0.1) is 23.1 Å². The minimum Gasteiger partial charge on any atom is -0.508 e. The molecule has 1 N–H and O–H groups in total. The Bertz CT molecular complexity index is 523. The van der Waals surface area contributed by atoms with Crippen molar-refractivity contribution < 1.29 is 9.90 Å². The van der Waals surface area contributed by atoms with Crippen molar-refractivity contribution >= 4 is 29.0 Å². The summed E-state index contributed by atoms with van der Waals surface area (Å²) < 4.78 is 0. The van der Waals surface area contributed by atoms with E-state index in [1.165, 1.54) is 16.6 Å². The fourth-order valence-electron chi connectivity index (χ4n) is 1.52. The highest BCUT2D eigenvalue weighted by Gasteiger charge is 2.10. The van der Waals surface area contributed by atoms with Crippen LogP contribution in [0.1, 0.15) is 4.88 Å². The third kappa shape index (κ3) is 4.29. The first-order chi connectivity index (χ1) is 9.15. The number of phenols is 1. The molecule has 0 aliphatic rings. The van der Waals surface area contributed by atoms with Crippen molar-refractivity contribution in [1.82, 2.24) is 4.90 Å². The van der Waals surface area contributed by atoms with E-state index >= 15 is 0 Å². The molecular weight excluding hydrogens is 278 g/mol. The molecule has 1 heterocycles. The average molecular weight is 293 g/mol. The van der Waals surface area contributed by atoms with Crippen LogP contribution in [0.5, 0.6) is 5.75 Å². The predicted molar refractivity (Wildman–Crippen MR) is 79.6 cm³/mol. The topological polar surface area (TPSA) is 40.5 Å². The zero-order chi connectivity index (χ0) is 13.7. The van der Waals surface area contributed by atoms with Crippen LogP contribution >= 0.6 is 23.1 Å². The number of aromatic hydroxyl groups is 1. The van der Waals surface area contributed by atoms with Crippen LogP contribution in [0.4, 0.5) is 0 Å². The van der Waals surface area contributed by atoms with E-state index in [2.05, 4.69) is 0 Å². The van der Waals surface area contributed by atoms with Crippen molar-refractivity contribution in [2.75, 3.05) is 12.8 Å². The Labute approximate surface area is 120 Å². The molecule has 1 aromatic heterocycles. The molecule has 2 aromatic rings. The lowest BCUT2D eigenvalue weighted by Gasteiger charge is -2.15. The molecule has 0 aliphatic carbocycles. The number of amides is 1. The quantitative estimate of drug-likeness (QED) is 0.861. The van der Waals surface area contributed by atoms with Crippen LogP contribution in [0.25, 0.3) is 0 Å². The van der Waals surface area contributed by atoms with Gasteiger partial charge in [-0.3, -0.25) is 4.79 Å². The fraction of sp³-hybridized carbons (Fsp3) is 0.214. The molecule has 1 amide bonds. The molecule has 19 heavy (non-hydrogen) atoms. The minimum absolute atomic E-state index is 0.103. The number of nitrogens with zero attached hydrogens (tertiary/aromatic N) is 1. The zero-order valence-electron chi connectivity index (χ0n) is 10.6. The van der Waals surface area contributed by atoms with Gasteiger partial charge in [0.05, 0.1) is 12.3 Å². The summed E-state index contributed by atoms with van der Waals surface area (Å²) in [4.78, 5) is 15.9. The lowest BCUT2D eigenvalue weighted by molar-refractivity contribution is -0.127. The molecule has 1 aromatic carbocycles. The maximum atomic E-state index is 12.0. The van der Waals surface area contributed by atoms with Gasteiger partial charge in [-0.1, -0.05) is 6.07 Å². The van der Waals surface area contributed by atoms with Gasteiger partial charge >= 0.3 is 0 Å². The van der Waals surface area contributed by atoms with Crippen molar-refractivity contribution in [3.05, 3.63) is 46.7 Å². The largest absolute Gasteiger partial charge is 0.508 e. The van der Waals surface area contributed by atoms with E-state index in [0.717, 1.165) is 4.90 Å². The van der Waals surface area contributed by atoms with Crippen LogP contribution in [-0.2, 0) is 11.3 Å². The van der Waals surface area contributed by atoms with Crippen molar-refractivity contribution in [1.29, 1.82) is 0 Å². The Morgan fingerprint density at radius 1 is 1.32 bits per heavy atom. The monoisotopic (exact) mass is 293 g/mol. The van der Waals surface area contributed by atoms with Crippen molar-refractivity contribution in [3.8, 4) is 5.75 Å². The Hall–Kier alpha value is -1.46. The van der Waals surface area contributed by atoms with Gasteiger partial charge in [0.25, 0.3) is 0 Å². The van der Waals surface area contributed by atoms with Gasteiger partial charge in [-0.25, -0.2) is 0 Å². The summed E-state index contributed by atoms with van der Waals surface area (Å²) in [6, 6.07) is 10.9. The molecule has 100 valence electrons. The van der Waals surface area contributed by atoms with Gasteiger partial charge in [0.2, 0.25) is 5.91 Å². The number of benzene rings is 1. The van der Waals surface area contributed by atoms with Crippen molar-refractivity contribution in [3.63, 3.8) is 0 Å². The van der Waals surface area contributed by atoms with Gasteiger partial charge in [0.1, 0.15) is 5.75 Å². The number of carbonyl (C=O) groups is 1. The molecule has 0 radical (unpaired) electrons. The molecular formula is C14H15NO2S2. The fourth-order valence-corrected chi connectivity index (χ4v) is 3.12. The standard InChI is InChI=1S/C14H15NO2S2/c1-15(9-13-3-2-8-18-13)14(17)10-19-12-6-4-11(16)5-7-12/h2-8,16H,9-10H2,1H3. The third-order valence-electron chi connectivity index (χ3n) is 2.60. The molecule has 5 heteroatoms. The first-order valence-corrected chi connectivity index (χ1v) is 7.70. The summed E-state index contributed by atoms with van der Waals surface area (Å²) in [6.07, 6.45) is 0. The Balaban J connectivity index is 1.82.